The molecule has 0 saturated carbocycles. The second-order valence-electron chi connectivity index (χ2n) is 11.9. The Hall–Kier alpha value is -0.252. The van der Waals surface area contributed by atoms with Crippen molar-refractivity contribution in [2.45, 2.75) is 213 Å². The van der Waals surface area contributed by atoms with Gasteiger partial charge in [-0.3, -0.25) is 14.4 Å². The van der Waals surface area contributed by atoms with E-state index < -0.39 is 17.9 Å². The van der Waals surface area contributed by atoms with Crippen LogP contribution in [0.1, 0.15) is 213 Å². The molecule has 0 aliphatic carbocycles. The maximum Gasteiger partial charge on any atom is 0.303 e. The summed E-state index contributed by atoms with van der Waals surface area (Å²) < 4.78 is 0. The molecule has 258 valence electrons. The molecule has 0 aliphatic heterocycles. The molecule has 0 unspecified atom stereocenters. The van der Waals surface area contributed by atoms with Crippen LogP contribution >= 0.6 is 0 Å². The summed E-state index contributed by atoms with van der Waals surface area (Å²) in [5.41, 5.74) is 0. The molecule has 0 atom stereocenters. The monoisotopic (exact) mass is 752 g/mol. The molecule has 0 saturated heterocycles. The average molecular weight is 751 g/mol. The van der Waals surface area contributed by atoms with Gasteiger partial charge in [-0.1, -0.05) is 175 Å². The molecule has 0 amide bonds. The van der Waals surface area contributed by atoms with E-state index in [1.807, 2.05) is 0 Å². The molecule has 3 N–H and O–H groups in total. The third-order valence-electron chi connectivity index (χ3n) is 7.48. The topological polar surface area (TPSA) is 112 Å². The quantitative estimate of drug-likeness (QED) is 0.0630. The van der Waals surface area contributed by atoms with Gasteiger partial charge in [-0.15, -0.1) is 0 Å². The first kappa shape index (κ1) is 49.6. The molecule has 0 aromatic carbocycles. The Morgan fingerprint density at radius 1 is 0.302 bits per heavy atom. The first-order chi connectivity index (χ1) is 20.3. The SMILES string of the molecule is CCCCCCCCCCCC(=O)O.CCCCCCCCCCCC(=O)O.CCCCCCCCCCCC(=O)O.[Sm]. The van der Waals surface area contributed by atoms with Crippen molar-refractivity contribution < 1.29 is 70.1 Å². The second kappa shape index (κ2) is 46.2. The van der Waals surface area contributed by atoms with Crippen molar-refractivity contribution in [3.05, 3.63) is 0 Å². The zero-order valence-corrected chi connectivity index (χ0v) is 31.3. The summed E-state index contributed by atoms with van der Waals surface area (Å²) in [7, 11) is 0. The van der Waals surface area contributed by atoms with Gasteiger partial charge in [0.1, 0.15) is 0 Å². The van der Waals surface area contributed by atoms with E-state index >= 15 is 0 Å². The molecule has 43 heavy (non-hydrogen) atoms. The van der Waals surface area contributed by atoms with E-state index in [0.717, 1.165) is 38.5 Å². The van der Waals surface area contributed by atoms with Gasteiger partial charge in [-0.25, -0.2) is 0 Å². The molecule has 0 heterocycles. The third-order valence-corrected chi connectivity index (χ3v) is 7.48. The van der Waals surface area contributed by atoms with Gasteiger partial charge in [0.15, 0.2) is 0 Å². The van der Waals surface area contributed by atoms with Crippen molar-refractivity contribution in [3.8, 4) is 0 Å². The molecule has 0 aliphatic rings. The van der Waals surface area contributed by atoms with Gasteiger partial charge in [0.05, 0.1) is 0 Å². The predicted molar refractivity (Wildman–Crippen MR) is 178 cm³/mol. The number of carbonyl (C=O) groups is 3. The zero-order valence-electron chi connectivity index (χ0n) is 28.7. The first-order valence-corrected chi connectivity index (χ1v) is 18.0. The minimum atomic E-state index is -0.659. The van der Waals surface area contributed by atoms with Gasteiger partial charge in [0.25, 0.3) is 0 Å². The summed E-state index contributed by atoms with van der Waals surface area (Å²) in [6.07, 6.45) is 34.4. The van der Waals surface area contributed by atoms with Crippen LogP contribution in [0.15, 0.2) is 0 Å². The van der Waals surface area contributed by atoms with Crippen LogP contribution in [-0.2, 0) is 14.4 Å². The van der Waals surface area contributed by atoms with Crippen molar-refractivity contribution >= 4 is 17.9 Å². The second-order valence-corrected chi connectivity index (χ2v) is 11.9. The Kier molecular flexibility index (Phi) is 53.3. The smallest absolute Gasteiger partial charge is 0.303 e. The summed E-state index contributed by atoms with van der Waals surface area (Å²) in [4.78, 5) is 30.6. The molecular formula is C36H72O6Sm. The zero-order chi connectivity index (χ0) is 31.9. The van der Waals surface area contributed by atoms with E-state index in [4.69, 9.17) is 15.3 Å². The van der Waals surface area contributed by atoms with Gasteiger partial charge in [-0.05, 0) is 19.3 Å². The predicted octanol–water partition coefficient (Wildman–Crippen LogP) is 12.0. The number of aliphatic carboxylic acids is 3. The summed E-state index contributed by atoms with van der Waals surface area (Å²) in [5.74, 6) is -1.98. The molecule has 0 spiro atoms. The molecule has 0 radical (unpaired) electrons. The van der Waals surface area contributed by atoms with Crippen LogP contribution in [0.4, 0.5) is 0 Å². The molecule has 6 nitrogen and oxygen atoms in total. The maximum atomic E-state index is 10.2. The van der Waals surface area contributed by atoms with Crippen LogP contribution in [-0.4, -0.2) is 33.2 Å². The average Bonchev–Trinajstić information content (AvgIpc) is 2.95. The summed E-state index contributed by atoms with van der Waals surface area (Å²) >= 11 is 0. The Labute approximate surface area is 299 Å². The maximum absolute atomic E-state index is 10.2. The number of unbranched alkanes of at least 4 members (excludes halogenated alkanes) is 24. The van der Waals surface area contributed by atoms with Crippen molar-refractivity contribution in [2.24, 2.45) is 0 Å². The van der Waals surface area contributed by atoms with Gasteiger partial charge in [-0.2, -0.15) is 0 Å². The van der Waals surface area contributed by atoms with E-state index in [2.05, 4.69) is 20.8 Å². The van der Waals surface area contributed by atoms with Crippen LogP contribution in [0.3, 0.4) is 0 Å². The first-order valence-electron chi connectivity index (χ1n) is 18.0. The standard InChI is InChI=1S/3C12H24O2.Sm/c3*1-2-3-4-5-6-7-8-9-10-11-12(13)14;/h3*2-11H2,1H3,(H,13,14);. The van der Waals surface area contributed by atoms with Gasteiger partial charge in [0, 0.05) is 59.7 Å². The van der Waals surface area contributed by atoms with Crippen LogP contribution in [0.5, 0.6) is 0 Å². The fraction of sp³-hybridized carbons (Fsp3) is 0.917. The Morgan fingerprint density at radius 3 is 0.581 bits per heavy atom. The minimum absolute atomic E-state index is 0. The van der Waals surface area contributed by atoms with E-state index in [0.29, 0.717) is 19.3 Å². The molecule has 0 fully saturated rings. The van der Waals surface area contributed by atoms with E-state index in [-0.39, 0.29) is 40.4 Å². The van der Waals surface area contributed by atoms with Crippen LogP contribution in [0.2, 0.25) is 0 Å². The molecule has 0 rings (SSSR count). The van der Waals surface area contributed by atoms with Crippen LogP contribution in [0.25, 0.3) is 0 Å². The summed E-state index contributed by atoms with van der Waals surface area (Å²) in [6.45, 7) is 6.68. The van der Waals surface area contributed by atoms with Crippen molar-refractivity contribution in [2.75, 3.05) is 0 Å². The van der Waals surface area contributed by atoms with E-state index in [1.54, 1.807) is 0 Å². The Bertz CT molecular complexity index is 480. The molecule has 0 aromatic heterocycles. The molecule has 7 heteroatoms. The van der Waals surface area contributed by atoms with Crippen molar-refractivity contribution in [1.82, 2.24) is 0 Å². The van der Waals surface area contributed by atoms with E-state index in [9.17, 15) is 14.4 Å². The number of hydrogen-bond acceptors (Lipinski definition) is 3. The third kappa shape index (κ3) is 61.5. The van der Waals surface area contributed by atoms with Crippen molar-refractivity contribution in [3.63, 3.8) is 0 Å². The van der Waals surface area contributed by atoms with E-state index in [1.165, 1.54) is 135 Å². The summed E-state index contributed by atoms with van der Waals surface area (Å²) in [6, 6.07) is 0. The van der Waals surface area contributed by atoms with Gasteiger partial charge < -0.3 is 15.3 Å². The molecular weight excluding hydrogens is 679 g/mol. The van der Waals surface area contributed by atoms with Crippen molar-refractivity contribution in [1.29, 1.82) is 0 Å². The molecule has 0 aromatic rings. The van der Waals surface area contributed by atoms with Gasteiger partial charge in [0.2, 0.25) is 0 Å². The minimum Gasteiger partial charge on any atom is -0.481 e. The fourth-order valence-corrected chi connectivity index (χ4v) is 4.76. The summed E-state index contributed by atoms with van der Waals surface area (Å²) in [5, 5.41) is 25.2. The van der Waals surface area contributed by atoms with Gasteiger partial charge >= 0.3 is 17.9 Å². The largest absolute Gasteiger partial charge is 0.481 e. The Morgan fingerprint density at radius 2 is 0.442 bits per heavy atom. The van der Waals surface area contributed by atoms with Crippen LogP contribution in [0, 0.1) is 40.4 Å². The van der Waals surface area contributed by atoms with Crippen LogP contribution < -0.4 is 0 Å². The Balaban J connectivity index is -0.000000262. The number of carboxylic acids is 3. The fourth-order valence-electron chi connectivity index (χ4n) is 4.76. The number of rotatable bonds is 30. The number of hydrogen-bond donors (Lipinski definition) is 3. The molecule has 0 bridgehead atoms. The normalized spacial score (nSPS) is 10.1. The number of carboxylic acid groups (broad SMARTS) is 3.